The van der Waals surface area contributed by atoms with Gasteiger partial charge in [0, 0.05) is 12.6 Å². The van der Waals surface area contributed by atoms with Gasteiger partial charge in [0.25, 0.3) is 0 Å². The maximum atomic E-state index is 12.6. The molecule has 0 aromatic heterocycles. The molecule has 1 aromatic rings. The molecule has 3 rings (SSSR count). The molecule has 2 aliphatic rings. The van der Waals surface area contributed by atoms with Gasteiger partial charge in [0.2, 0.25) is 5.91 Å². The van der Waals surface area contributed by atoms with Crippen molar-refractivity contribution in [3.8, 4) is 11.5 Å². The maximum Gasteiger partial charge on any atom is 0.230 e. The van der Waals surface area contributed by atoms with Crippen LogP contribution in [0, 0.1) is 0 Å². The maximum absolute atomic E-state index is 12.6. The van der Waals surface area contributed by atoms with Gasteiger partial charge in [-0.2, -0.15) is 0 Å². The summed E-state index contributed by atoms with van der Waals surface area (Å²) in [5, 5.41) is 6.46. The minimum Gasteiger partial charge on any atom is -0.486 e. The summed E-state index contributed by atoms with van der Waals surface area (Å²) < 4.78 is 11.1. The van der Waals surface area contributed by atoms with Crippen LogP contribution in [0.25, 0.3) is 0 Å². The summed E-state index contributed by atoms with van der Waals surface area (Å²) in [5.41, 5.74) is 0.336. The summed E-state index contributed by atoms with van der Waals surface area (Å²) in [6.07, 6.45) is 2.32. The van der Waals surface area contributed by atoms with Gasteiger partial charge < -0.3 is 20.1 Å². The molecule has 5 nitrogen and oxygen atoms in total. The fourth-order valence-corrected chi connectivity index (χ4v) is 2.93. The number of amides is 1. The van der Waals surface area contributed by atoms with Gasteiger partial charge in [-0.3, -0.25) is 4.79 Å². The average molecular weight is 304 g/mol. The molecule has 1 amide bonds. The third kappa shape index (κ3) is 3.04. The lowest BCUT2D eigenvalue weighted by molar-refractivity contribution is -0.125. The summed E-state index contributed by atoms with van der Waals surface area (Å²) in [6.45, 7) is 6.74. The van der Waals surface area contributed by atoms with Gasteiger partial charge in [-0.05, 0) is 50.9 Å². The highest BCUT2D eigenvalue weighted by atomic mass is 16.6. The normalized spacial score (nSPS) is 20.7. The molecule has 0 aliphatic carbocycles. The van der Waals surface area contributed by atoms with Crippen LogP contribution in [0.15, 0.2) is 18.2 Å². The summed E-state index contributed by atoms with van der Waals surface area (Å²) in [5.74, 6) is 1.52. The van der Waals surface area contributed by atoms with E-state index in [1.807, 2.05) is 32.0 Å². The van der Waals surface area contributed by atoms with Gasteiger partial charge in [0.1, 0.15) is 13.2 Å². The third-order valence-corrected chi connectivity index (χ3v) is 4.50. The quantitative estimate of drug-likeness (QED) is 0.887. The Labute approximate surface area is 131 Å². The molecule has 1 aromatic carbocycles. The third-order valence-electron chi connectivity index (χ3n) is 4.50. The lowest BCUT2D eigenvalue weighted by Crippen LogP contribution is -2.45. The topological polar surface area (TPSA) is 59.6 Å². The first-order valence-corrected chi connectivity index (χ1v) is 7.99. The molecule has 1 saturated heterocycles. The Hall–Kier alpha value is -1.75. The van der Waals surface area contributed by atoms with E-state index in [1.54, 1.807) is 0 Å². The number of ether oxygens (including phenoxy) is 2. The zero-order valence-electron chi connectivity index (χ0n) is 13.3. The van der Waals surface area contributed by atoms with Crippen molar-refractivity contribution in [3.63, 3.8) is 0 Å². The van der Waals surface area contributed by atoms with Crippen molar-refractivity contribution < 1.29 is 14.3 Å². The summed E-state index contributed by atoms with van der Waals surface area (Å²) in [4.78, 5) is 12.6. The number of carbonyl (C=O) groups is 1. The average Bonchev–Trinajstić information content (AvgIpc) is 3.05. The van der Waals surface area contributed by atoms with Crippen LogP contribution < -0.4 is 20.1 Å². The largest absolute Gasteiger partial charge is 0.486 e. The second-order valence-electron chi connectivity index (χ2n) is 6.49. The van der Waals surface area contributed by atoms with Crippen molar-refractivity contribution in [2.24, 2.45) is 0 Å². The van der Waals surface area contributed by atoms with Crippen LogP contribution in [-0.4, -0.2) is 38.3 Å². The van der Waals surface area contributed by atoms with Crippen molar-refractivity contribution in [2.45, 2.75) is 38.1 Å². The Bertz CT molecular complexity index is 551. The monoisotopic (exact) mass is 304 g/mol. The first kappa shape index (κ1) is 15.2. The van der Waals surface area contributed by atoms with Gasteiger partial charge in [-0.25, -0.2) is 0 Å². The molecule has 1 unspecified atom stereocenters. The predicted molar refractivity (Wildman–Crippen MR) is 84.5 cm³/mol. The van der Waals surface area contributed by atoms with Crippen molar-refractivity contribution in [1.82, 2.24) is 10.6 Å². The molecule has 5 heteroatoms. The number of hydrogen-bond donors (Lipinski definition) is 2. The molecule has 120 valence electrons. The van der Waals surface area contributed by atoms with Crippen LogP contribution in [-0.2, 0) is 10.2 Å². The van der Waals surface area contributed by atoms with Gasteiger partial charge >= 0.3 is 0 Å². The van der Waals surface area contributed by atoms with Crippen molar-refractivity contribution >= 4 is 5.91 Å². The fraction of sp³-hybridized carbons (Fsp3) is 0.588. The van der Waals surface area contributed by atoms with Gasteiger partial charge in [-0.1, -0.05) is 6.07 Å². The zero-order chi connectivity index (χ0) is 15.6. The molecule has 2 N–H and O–H groups in total. The van der Waals surface area contributed by atoms with Crippen LogP contribution in [0.2, 0.25) is 0 Å². The standard InChI is InChI=1S/C17H24N2O3/c1-17(2,16(20)19-11-13-4-3-7-18-13)12-5-6-14-15(10-12)22-9-8-21-14/h5-6,10,13,18H,3-4,7-9,11H2,1-2H3,(H,19,20). The van der Waals surface area contributed by atoms with E-state index >= 15 is 0 Å². The van der Waals surface area contributed by atoms with Crippen LogP contribution in [0.4, 0.5) is 0 Å². The fourth-order valence-electron chi connectivity index (χ4n) is 2.93. The smallest absolute Gasteiger partial charge is 0.230 e. The highest BCUT2D eigenvalue weighted by molar-refractivity contribution is 5.87. The van der Waals surface area contributed by atoms with E-state index in [0.29, 0.717) is 25.8 Å². The first-order valence-electron chi connectivity index (χ1n) is 7.99. The summed E-state index contributed by atoms with van der Waals surface area (Å²) in [6, 6.07) is 6.15. The van der Waals surface area contributed by atoms with Gasteiger partial charge in [-0.15, -0.1) is 0 Å². The lowest BCUT2D eigenvalue weighted by Gasteiger charge is -2.27. The lowest BCUT2D eigenvalue weighted by atomic mass is 9.83. The second-order valence-corrected chi connectivity index (χ2v) is 6.49. The Morgan fingerprint density at radius 3 is 2.82 bits per heavy atom. The highest BCUT2D eigenvalue weighted by Gasteiger charge is 2.31. The highest BCUT2D eigenvalue weighted by Crippen LogP contribution is 2.35. The van der Waals surface area contributed by atoms with E-state index in [1.165, 1.54) is 6.42 Å². The van der Waals surface area contributed by atoms with Gasteiger partial charge in [0.15, 0.2) is 11.5 Å². The predicted octanol–water partition coefficient (Wildman–Crippen LogP) is 1.60. The van der Waals surface area contributed by atoms with Crippen LogP contribution in [0.1, 0.15) is 32.3 Å². The molecular weight excluding hydrogens is 280 g/mol. The Morgan fingerprint density at radius 1 is 1.32 bits per heavy atom. The Balaban J connectivity index is 1.69. The minimum atomic E-state index is -0.603. The summed E-state index contributed by atoms with van der Waals surface area (Å²) >= 11 is 0. The molecule has 1 fully saturated rings. The number of benzene rings is 1. The number of rotatable bonds is 4. The van der Waals surface area contributed by atoms with E-state index in [9.17, 15) is 4.79 Å². The minimum absolute atomic E-state index is 0.0397. The van der Waals surface area contributed by atoms with Crippen LogP contribution in [0.3, 0.4) is 0 Å². The van der Waals surface area contributed by atoms with E-state index in [-0.39, 0.29) is 5.91 Å². The number of hydrogen-bond acceptors (Lipinski definition) is 4. The second kappa shape index (κ2) is 6.16. The SMILES string of the molecule is CC(C)(C(=O)NCC1CCCN1)c1ccc2c(c1)OCCO2. The molecule has 0 spiro atoms. The van der Waals surface area contributed by atoms with Crippen molar-refractivity contribution in [3.05, 3.63) is 23.8 Å². The zero-order valence-corrected chi connectivity index (χ0v) is 13.3. The number of fused-ring (bicyclic) bond motifs is 1. The molecule has 0 saturated carbocycles. The molecular formula is C17H24N2O3. The van der Waals surface area contributed by atoms with E-state index in [0.717, 1.165) is 30.0 Å². The van der Waals surface area contributed by atoms with E-state index < -0.39 is 5.41 Å². The molecule has 1 atom stereocenters. The van der Waals surface area contributed by atoms with E-state index in [4.69, 9.17) is 9.47 Å². The van der Waals surface area contributed by atoms with Gasteiger partial charge in [0.05, 0.1) is 5.41 Å². The number of carbonyl (C=O) groups excluding carboxylic acids is 1. The van der Waals surface area contributed by atoms with Crippen molar-refractivity contribution in [2.75, 3.05) is 26.3 Å². The molecule has 22 heavy (non-hydrogen) atoms. The van der Waals surface area contributed by atoms with E-state index in [2.05, 4.69) is 10.6 Å². The van der Waals surface area contributed by atoms with Crippen LogP contribution >= 0.6 is 0 Å². The Morgan fingerprint density at radius 2 is 2.09 bits per heavy atom. The van der Waals surface area contributed by atoms with Crippen molar-refractivity contribution in [1.29, 1.82) is 0 Å². The molecule has 0 bridgehead atoms. The first-order chi connectivity index (χ1) is 10.6. The number of nitrogens with one attached hydrogen (secondary N) is 2. The molecule has 2 heterocycles. The Kier molecular flexibility index (Phi) is 4.25. The molecule has 0 radical (unpaired) electrons. The molecule has 2 aliphatic heterocycles. The summed E-state index contributed by atoms with van der Waals surface area (Å²) in [7, 11) is 0. The van der Waals surface area contributed by atoms with Crippen LogP contribution in [0.5, 0.6) is 11.5 Å².